The standard InChI is InChI=1S/C11H15.2BrH.Hf/c1-2-6-10(7-3-1)11-8-4-5-9-11;;;/h4,8,10H,1-3,5-7H2;2*1H;. The number of hydrogen-bond acceptors (Lipinski definition) is 0. The Morgan fingerprint density at radius 3 is 2.21 bits per heavy atom. The fourth-order valence-electron chi connectivity index (χ4n) is 2.32. The molecular formula is C11H17Br2Hf. The average Bonchev–Trinajstić information content (AvgIpc) is 2.53. The van der Waals surface area contributed by atoms with Crippen molar-refractivity contribution in [2.24, 2.45) is 5.92 Å². The molecule has 0 atom stereocenters. The van der Waals surface area contributed by atoms with Crippen LogP contribution in [0.25, 0.3) is 0 Å². The van der Waals surface area contributed by atoms with Crippen molar-refractivity contribution in [2.75, 3.05) is 0 Å². The number of halogens is 2. The van der Waals surface area contributed by atoms with Crippen LogP contribution in [0.3, 0.4) is 0 Å². The molecule has 0 N–H and O–H groups in total. The molecule has 1 saturated carbocycles. The van der Waals surface area contributed by atoms with Crippen LogP contribution < -0.4 is 0 Å². The summed E-state index contributed by atoms with van der Waals surface area (Å²) in [6.07, 6.45) is 13.4. The van der Waals surface area contributed by atoms with Crippen LogP contribution in [0.1, 0.15) is 38.5 Å². The summed E-state index contributed by atoms with van der Waals surface area (Å²) >= 11 is 1.29. The third-order valence-electron chi connectivity index (χ3n) is 3.01. The van der Waals surface area contributed by atoms with Crippen LogP contribution in [0, 0.1) is 5.92 Å². The summed E-state index contributed by atoms with van der Waals surface area (Å²) in [5.74, 6) is 0.949. The summed E-state index contributed by atoms with van der Waals surface area (Å²) < 4.78 is 1.77. The fraction of sp³-hybridized carbons (Fsp3) is 0.636. The summed E-state index contributed by atoms with van der Waals surface area (Å²) in [5.41, 5.74) is 1.74. The van der Waals surface area contributed by atoms with Gasteiger partial charge in [0.15, 0.2) is 0 Å². The first-order chi connectivity index (χ1) is 5.88. The normalized spacial score (nSPS) is 21.6. The molecule has 2 aliphatic rings. The van der Waals surface area contributed by atoms with E-state index in [0.717, 1.165) is 5.92 Å². The molecule has 0 spiro atoms. The van der Waals surface area contributed by atoms with Gasteiger partial charge in [0.25, 0.3) is 0 Å². The molecule has 0 aliphatic heterocycles. The molecule has 2 rings (SSSR count). The Morgan fingerprint density at radius 1 is 1.07 bits per heavy atom. The van der Waals surface area contributed by atoms with E-state index in [1.807, 2.05) is 0 Å². The fourth-order valence-corrected chi connectivity index (χ4v) is 3.77. The van der Waals surface area contributed by atoms with Gasteiger partial charge in [-0.2, -0.15) is 0 Å². The van der Waals surface area contributed by atoms with E-state index >= 15 is 0 Å². The third kappa shape index (κ3) is 3.71. The van der Waals surface area contributed by atoms with E-state index in [4.69, 9.17) is 0 Å². The third-order valence-corrected chi connectivity index (χ3v) is 4.78. The molecule has 0 heterocycles. The van der Waals surface area contributed by atoms with E-state index in [1.54, 1.807) is 8.90 Å². The molecule has 79 valence electrons. The molecule has 0 aromatic heterocycles. The second-order valence-electron chi connectivity index (χ2n) is 3.88. The van der Waals surface area contributed by atoms with Crippen molar-refractivity contribution in [1.82, 2.24) is 0 Å². The van der Waals surface area contributed by atoms with Gasteiger partial charge in [0.05, 0.1) is 0 Å². The van der Waals surface area contributed by atoms with Gasteiger partial charge in [-0.15, -0.1) is 34.0 Å². The molecular weight excluding hydrogens is 470 g/mol. The Kier molecular flexibility index (Phi) is 8.27. The Hall–Kier alpha value is 1.31. The van der Waals surface area contributed by atoms with Crippen molar-refractivity contribution in [2.45, 2.75) is 38.5 Å². The summed E-state index contributed by atoms with van der Waals surface area (Å²) in [5, 5.41) is 0. The first-order valence-corrected chi connectivity index (χ1v) is 6.79. The van der Waals surface area contributed by atoms with Gasteiger partial charge < -0.3 is 0 Å². The summed E-state index contributed by atoms with van der Waals surface area (Å²) in [6.45, 7) is 0. The molecule has 0 aromatic rings. The summed E-state index contributed by atoms with van der Waals surface area (Å²) in [4.78, 5) is 0. The van der Waals surface area contributed by atoms with Gasteiger partial charge in [0.1, 0.15) is 0 Å². The van der Waals surface area contributed by atoms with E-state index in [2.05, 4.69) is 12.2 Å². The average molecular weight is 488 g/mol. The summed E-state index contributed by atoms with van der Waals surface area (Å²) in [6, 6.07) is 0. The zero-order valence-corrected chi connectivity index (χ0v) is 15.3. The van der Waals surface area contributed by atoms with Crippen molar-refractivity contribution >= 4 is 34.0 Å². The van der Waals surface area contributed by atoms with E-state index < -0.39 is 0 Å². The maximum absolute atomic E-state index is 2.40. The predicted octanol–water partition coefficient (Wildman–Crippen LogP) is 4.48. The van der Waals surface area contributed by atoms with Crippen LogP contribution in [0.5, 0.6) is 0 Å². The monoisotopic (exact) mass is 487 g/mol. The predicted molar refractivity (Wildman–Crippen MR) is 68.0 cm³/mol. The molecule has 14 heavy (non-hydrogen) atoms. The van der Waals surface area contributed by atoms with Crippen molar-refractivity contribution in [3.05, 3.63) is 21.1 Å². The molecule has 0 radical (unpaired) electrons. The van der Waals surface area contributed by atoms with Gasteiger partial charge in [-0.3, -0.25) is 0 Å². The first kappa shape index (κ1) is 15.3. The second kappa shape index (κ2) is 7.56. The molecule has 0 aromatic carbocycles. The quantitative estimate of drug-likeness (QED) is 0.479. The minimum atomic E-state index is 0. The van der Waals surface area contributed by atoms with Gasteiger partial charge in [0.2, 0.25) is 0 Å². The van der Waals surface area contributed by atoms with Crippen LogP contribution in [0.4, 0.5) is 0 Å². The van der Waals surface area contributed by atoms with E-state index in [9.17, 15) is 0 Å². The topological polar surface area (TPSA) is 0 Å². The van der Waals surface area contributed by atoms with Crippen molar-refractivity contribution < 1.29 is 24.4 Å². The van der Waals surface area contributed by atoms with E-state index in [1.165, 1.54) is 62.9 Å². The molecule has 0 bridgehead atoms. The molecule has 2 aliphatic carbocycles. The van der Waals surface area contributed by atoms with Gasteiger partial charge >= 0.3 is 89.9 Å². The SMILES string of the molecule is Br.Br.[Hf][C]1=C(C2CCCCC2)C=CC1. The van der Waals surface area contributed by atoms with Crippen molar-refractivity contribution in [3.8, 4) is 0 Å². The van der Waals surface area contributed by atoms with Crippen LogP contribution in [0.2, 0.25) is 0 Å². The molecule has 1 fully saturated rings. The van der Waals surface area contributed by atoms with Gasteiger partial charge in [0, 0.05) is 0 Å². The van der Waals surface area contributed by atoms with Crippen LogP contribution in [-0.4, -0.2) is 0 Å². The van der Waals surface area contributed by atoms with Gasteiger partial charge in [-0.1, -0.05) is 0 Å². The first-order valence-electron chi connectivity index (χ1n) is 4.99. The zero-order valence-electron chi connectivity index (χ0n) is 8.29. The number of rotatable bonds is 1. The molecule has 0 amide bonds. The molecule has 0 unspecified atom stereocenters. The molecule has 0 saturated heterocycles. The van der Waals surface area contributed by atoms with Crippen molar-refractivity contribution in [3.63, 3.8) is 0 Å². The Labute approximate surface area is 123 Å². The number of allylic oxidation sites excluding steroid dienone is 4. The van der Waals surface area contributed by atoms with Gasteiger partial charge in [-0.05, 0) is 0 Å². The van der Waals surface area contributed by atoms with Crippen LogP contribution in [-0.2, 0) is 24.4 Å². The minimum absolute atomic E-state index is 0. The van der Waals surface area contributed by atoms with Gasteiger partial charge in [-0.25, -0.2) is 0 Å². The Morgan fingerprint density at radius 2 is 1.71 bits per heavy atom. The van der Waals surface area contributed by atoms with E-state index in [-0.39, 0.29) is 34.0 Å². The van der Waals surface area contributed by atoms with Crippen molar-refractivity contribution in [1.29, 1.82) is 0 Å². The zero-order chi connectivity index (χ0) is 8.39. The Balaban J connectivity index is 0.000000845. The molecule has 0 nitrogen and oxygen atoms in total. The van der Waals surface area contributed by atoms with Crippen LogP contribution in [0.15, 0.2) is 21.1 Å². The maximum atomic E-state index is 2.40. The van der Waals surface area contributed by atoms with E-state index in [0.29, 0.717) is 0 Å². The number of hydrogen-bond donors (Lipinski definition) is 0. The molecule has 3 heteroatoms. The van der Waals surface area contributed by atoms with Crippen LogP contribution >= 0.6 is 34.0 Å². The second-order valence-corrected chi connectivity index (χ2v) is 6.04. The summed E-state index contributed by atoms with van der Waals surface area (Å²) in [7, 11) is 0. The Bertz CT molecular complexity index is 227.